The zero-order valence-corrected chi connectivity index (χ0v) is 10.7. The number of rotatable bonds is 5. The van der Waals surface area contributed by atoms with Crippen molar-refractivity contribution in [1.82, 2.24) is 10.5 Å². The van der Waals surface area contributed by atoms with Gasteiger partial charge >= 0.3 is 0 Å². The second kappa shape index (κ2) is 6.15. The monoisotopic (exact) mass is 260 g/mol. The van der Waals surface area contributed by atoms with Crippen LogP contribution in [0.15, 0.2) is 40.9 Å². The summed E-state index contributed by atoms with van der Waals surface area (Å²) in [6.07, 6.45) is 0.447. The first-order chi connectivity index (χ1) is 9.20. The number of carbonyl (C=O) groups excluding carboxylic acids is 1. The van der Waals surface area contributed by atoms with Crippen molar-refractivity contribution in [1.29, 1.82) is 0 Å². The fourth-order valence-corrected chi connectivity index (χ4v) is 1.84. The van der Waals surface area contributed by atoms with Crippen LogP contribution in [0.5, 0.6) is 0 Å². The van der Waals surface area contributed by atoms with Crippen LogP contribution in [0.4, 0.5) is 0 Å². The van der Waals surface area contributed by atoms with Gasteiger partial charge in [-0.3, -0.25) is 4.79 Å². The average Bonchev–Trinajstić information content (AvgIpc) is 2.86. The van der Waals surface area contributed by atoms with E-state index in [4.69, 9.17) is 9.63 Å². The third-order valence-corrected chi connectivity index (χ3v) is 2.78. The predicted octanol–water partition coefficient (Wildman–Crippen LogP) is 1.84. The van der Waals surface area contributed by atoms with Crippen LogP contribution in [-0.2, 0) is 0 Å². The molecule has 0 saturated carbocycles. The fourth-order valence-electron chi connectivity index (χ4n) is 1.84. The summed E-state index contributed by atoms with van der Waals surface area (Å²) in [6.45, 7) is 1.75. The van der Waals surface area contributed by atoms with Crippen molar-refractivity contribution in [2.75, 3.05) is 6.61 Å². The Labute approximate surface area is 111 Å². The molecule has 1 aromatic heterocycles. The van der Waals surface area contributed by atoms with Gasteiger partial charge in [-0.1, -0.05) is 35.5 Å². The Morgan fingerprint density at radius 1 is 1.42 bits per heavy atom. The molecule has 1 aromatic carbocycles. The Kier molecular flexibility index (Phi) is 4.30. The van der Waals surface area contributed by atoms with E-state index in [1.807, 2.05) is 30.3 Å². The highest BCUT2D eigenvalue weighted by molar-refractivity contribution is 5.91. The van der Waals surface area contributed by atoms with E-state index >= 15 is 0 Å². The highest BCUT2D eigenvalue weighted by atomic mass is 16.5. The van der Waals surface area contributed by atoms with E-state index in [1.165, 1.54) is 0 Å². The van der Waals surface area contributed by atoms with Crippen LogP contribution in [0.1, 0.15) is 34.3 Å². The van der Waals surface area contributed by atoms with Crippen molar-refractivity contribution in [3.05, 3.63) is 53.4 Å². The zero-order valence-electron chi connectivity index (χ0n) is 10.7. The van der Waals surface area contributed by atoms with Crippen LogP contribution in [0.2, 0.25) is 0 Å². The lowest BCUT2D eigenvalue weighted by Gasteiger charge is -2.17. The van der Waals surface area contributed by atoms with Gasteiger partial charge in [-0.05, 0) is 18.9 Å². The first-order valence-corrected chi connectivity index (χ1v) is 6.10. The Morgan fingerprint density at radius 2 is 2.16 bits per heavy atom. The molecule has 0 spiro atoms. The summed E-state index contributed by atoms with van der Waals surface area (Å²) < 4.78 is 4.92. The molecule has 5 nitrogen and oxygen atoms in total. The maximum Gasteiger partial charge on any atom is 0.290 e. The van der Waals surface area contributed by atoms with Gasteiger partial charge in [0.15, 0.2) is 0 Å². The molecule has 2 rings (SSSR count). The van der Waals surface area contributed by atoms with Gasteiger partial charge in [0.2, 0.25) is 5.76 Å². The first kappa shape index (κ1) is 13.3. The van der Waals surface area contributed by atoms with E-state index in [1.54, 1.807) is 13.0 Å². The normalized spacial score (nSPS) is 12.1. The molecule has 100 valence electrons. The zero-order chi connectivity index (χ0) is 13.7. The number of aliphatic hydroxyl groups is 1. The molecule has 1 heterocycles. The summed E-state index contributed by atoms with van der Waals surface area (Å²) in [4.78, 5) is 12.0. The molecule has 0 aliphatic rings. The Morgan fingerprint density at radius 3 is 2.74 bits per heavy atom. The molecule has 5 heteroatoms. The second-order valence-corrected chi connectivity index (χ2v) is 4.28. The van der Waals surface area contributed by atoms with Gasteiger partial charge in [-0.2, -0.15) is 0 Å². The van der Waals surface area contributed by atoms with Gasteiger partial charge in [-0.25, -0.2) is 0 Å². The molecule has 2 aromatic rings. The Bertz CT molecular complexity index is 537. The number of amides is 1. The number of aryl methyl sites for hydroxylation is 1. The molecule has 1 unspecified atom stereocenters. The third kappa shape index (κ3) is 3.42. The molecular weight excluding hydrogens is 244 g/mol. The van der Waals surface area contributed by atoms with E-state index in [0.717, 1.165) is 5.56 Å². The number of aliphatic hydroxyl groups excluding tert-OH is 1. The first-order valence-electron chi connectivity index (χ1n) is 6.10. The maximum atomic E-state index is 12.0. The molecule has 2 N–H and O–H groups in total. The molecule has 0 fully saturated rings. The Balaban J connectivity index is 2.11. The smallest absolute Gasteiger partial charge is 0.290 e. The van der Waals surface area contributed by atoms with E-state index in [9.17, 15) is 4.79 Å². The number of aromatic nitrogens is 1. The number of carbonyl (C=O) groups is 1. The molecule has 0 aliphatic heterocycles. The molecule has 0 bridgehead atoms. The summed E-state index contributed by atoms with van der Waals surface area (Å²) in [6, 6.07) is 10.8. The molecule has 0 aliphatic carbocycles. The van der Waals surface area contributed by atoms with Crippen molar-refractivity contribution in [2.45, 2.75) is 19.4 Å². The van der Waals surface area contributed by atoms with Crippen LogP contribution in [0, 0.1) is 6.92 Å². The Hall–Kier alpha value is -2.14. The standard InChI is InChI=1S/C14H16N2O3/c1-10-9-13(19-16-10)14(18)15-12(7-8-17)11-5-3-2-4-6-11/h2-6,9,12,17H,7-8H2,1H3,(H,15,18). The van der Waals surface area contributed by atoms with Gasteiger partial charge in [0, 0.05) is 12.7 Å². The maximum absolute atomic E-state index is 12.0. The minimum Gasteiger partial charge on any atom is -0.396 e. The van der Waals surface area contributed by atoms with Crippen LogP contribution in [0.25, 0.3) is 0 Å². The molecule has 1 amide bonds. The molecule has 0 radical (unpaired) electrons. The minimum atomic E-state index is -0.331. The topological polar surface area (TPSA) is 75.4 Å². The number of nitrogens with zero attached hydrogens (tertiary/aromatic N) is 1. The van der Waals surface area contributed by atoms with Gasteiger partial charge in [0.1, 0.15) is 0 Å². The van der Waals surface area contributed by atoms with Crippen LogP contribution in [-0.4, -0.2) is 22.8 Å². The van der Waals surface area contributed by atoms with E-state index < -0.39 is 0 Å². The van der Waals surface area contributed by atoms with Crippen molar-refractivity contribution in [2.24, 2.45) is 0 Å². The van der Waals surface area contributed by atoms with Crippen molar-refractivity contribution >= 4 is 5.91 Å². The number of hydrogen-bond acceptors (Lipinski definition) is 4. The van der Waals surface area contributed by atoms with Gasteiger partial charge < -0.3 is 14.9 Å². The van der Waals surface area contributed by atoms with Crippen molar-refractivity contribution in [3.8, 4) is 0 Å². The minimum absolute atomic E-state index is 0.00469. The van der Waals surface area contributed by atoms with Crippen LogP contribution in [0.3, 0.4) is 0 Å². The van der Waals surface area contributed by atoms with Gasteiger partial charge in [0.25, 0.3) is 5.91 Å². The quantitative estimate of drug-likeness (QED) is 0.860. The van der Waals surface area contributed by atoms with Crippen molar-refractivity contribution < 1.29 is 14.4 Å². The number of hydrogen-bond donors (Lipinski definition) is 2. The highest BCUT2D eigenvalue weighted by Gasteiger charge is 2.18. The second-order valence-electron chi connectivity index (χ2n) is 4.28. The molecule has 19 heavy (non-hydrogen) atoms. The lowest BCUT2D eigenvalue weighted by molar-refractivity contribution is 0.0892. The summed E-state index contributed by atoms with van der Waals surface area (Å²) in [7, 11) is 0. The van der Waals surface area contributed by atoms with Gasteiger partial charge in [-0.15, -0.1) is 0 Å². The lowest BCUT2D eigenvalue weighted by atomic mass is 10.0. The van der Waals surface area contributed by atoms with Gasteiger partial charge in [0.05, 0.1) is 11.7 Å². The van der Waals surface area contributed by atoms with E-state index in [0.29, 0.717) is 12.1 Å². The lowest BCUT2D eigenvalue weighted by Crippen LogP contribution is -2.28. The summed E-state index contributed by atoms with van der Waals surface area (Å²) in [5.41, 5.74) is 1.60. The SMILES string of the molecule is Cc1cc(C(=O)NC(CCO)c2ccccc2)on1. The summed E-state index contributed by atoms with van der Waals surface area (Å²) in [5, 5.41) is 15.6. The molecular formula is C14H16N2O3. The van der Waals surface area contributed by atoms with E-state index in [-0.39, 0.29) is 24.3 Å². The fraction of sp³-hybridized carbons (Fsp3) is 0.286. The van der Waals surface area contributed by atoms with E-state index in [2.05, 4.69) is 10.5 Å². The highest BCUT2D eigenvalue weighted by Crippen LogP contribution is 2.17. The third-order valence-electron chi connectivity index (χ3n) is 2.78. The predicted molar refractivity (Wildman–Crippen MR) is 69.6 cm³/mol. The number of benzene rings is 1. The summed E-state index contributed by atoms with van der Waals surface area (Å²) >= 11 is 0. The van der Waals surface area contributed by atoms with Crippen LogP contribution >= 0.6 is 0 Å². The average molecular weight is 260 g/mol. The molecule has 1 atom stereocenters. The number of nitrogens with one attached hydrogen (secondary N) is 1. The van der Waals surface area contributed by atoms with Crippen molar-refractivity contribution in [3.63, 3.8) is 0 Å². The molecule has 0 saturated heterocycles. The largest absolute Gasteiger partial charge is 0.396 e. The summed E-state index contributed by atoms with van der Waals surface area (Å²) in [5.74, 6) is -0.153. The van der Waals surface area contributed by atoms with Crippen LogP contribution < -0.4 is 5.32 Å².